The van der Waals surface area contributed by atoms with Crippen molar-refractivity contribution in [1.82, 2.24) is 9.97 Å². The summed E-state index contributed by atoms with van der Waals surface area (Å²) in [7, 11) is 3.89. The zero-order chi connectivity index (χ0) is 19.9. The van der Waals surface area contributed by atoms with Crippen LogP contribution in [-0.4, -0.2) is 30.8 Å². The van der Waals surface area contributed by atoms with Gasteiger partial charge in [-0.25, -0.2) is 9.97 Å². The number of nitrogens with zero attached hydrogens (tertiary/aromatic N) is 2. The highest BCUT2D eigenvalue weighted by molar-refractivity contribution is 6.08. The monoisotopic (exact) mass is 374 g/mol. The van der Waals surface area contributed by atoms with Crippen LogP contribution >= 0.6 is 0 Å². The van der Waals surface area contributed by atoms with Gasteiger partial charge in [-0.3, -0.25) is 4.79 Å². The Labute approximate surface area is 165 Å². The average Bonchev–Trinajstić information content (AvgIpc) is 2.71. The number of nitrogens with one attached hydrogen (secondary N) is 2. The summed E-state index contributed by atoms with van der Waals surface area (Å²) >= 11 is 0. The van der Waals surface area contributed by atoms with Crippen LogP contribution in [0.5, 0.6) is 11.6 Å². The van der Waals surface area contributed by atoms with E-state index < -0.39 is 0 Å². The summed E-state index contributed by atoms with van der Waals surface area (Å²) in [5.41, 5.74) is 4.22. The molecule has 3 aromatic rings. The fourth-order valence-corrected chi connectivity index (χ4v) is 2.85. The van der Waals surface area contributed by atoms with Gasteiger partial charge in [0.2, 0.25) is 11.8 Å². The van der Waals surface area contributed by atoms with Crippen molar-refractivity contribution in [1.29, 1.82) is 0 Å². The van der Waals surface area contributed by atoms with E-state index in [9.17, 15) is 4.79 Å². The highest BCUT2D eigenvalue weighted by Crippen LogP contribution is 2.21. The maximum absolute atomic E-state index is 12.3. The van der Waals surface area contributed by atoms with Crippen LogP contribution in [0.2, 0.25) is 0 Å². The van der Waals surface area contributed by atoms with Crippen LogP contribution in [0.15, 0.2) is 54.9 Å². The van der Waals surface area contributed by atoms with Crippen molar-refractivity contribution in [2.24, 2.45) is 0 Å². The fourth-order valence-electron chi connectivity index (χ4n) is 2.85. The van der Waals surface area contributed by atoms with Gasteiger partial charge in [-0.15, -0.1) is 0 Å². The van der Waals surface area contributed by atoms with Gasteiger partial charge in [0.25, 0.3) is 0 Å². The smallest absolute Gasteiger partial charge is 0.228 e. The molecule has 0 atom stereocenters. The van der Waals surface area contributed by atoms with Gasteiger partial charge in [0.15, 0.2) is 0 Å². The van der Waals surface area contributed by atoms with Crippen molar-refractivity contribution >= 4 is 25.3 Å². The predicted octanol–water partition coefficient (Wildman–Crippen LogP) is 2.93. The number of carbonyl (C=O) groups excluding carboxylic acids is 1. The highest BCUT2D eigenvalue weighted by atomic mass is 16.5. The number of anilines is 2. The second-order valence-corrected chi connectivity index (χ2v) is 6.46. The number of hydrogen-bond acceptors (Lipinski definition) is 5. The van der Waals surface area contributed by atoms with Gasteiger partial charge < -0.3 is 15.4 Å². The molecule has 142 valence electrons. The Kier molecular flexibility index (Phi) is 6.27. The minimum Gasteiger partial charge on any atom is -0.439 e. The number of rotatable bonds is 7. The van der Waals surface area contributed by atoms with Crippen LogP contribution in [0.3, 0.4) is 0 Å². The van der Waals surface area contributed by atoms with Crippen molar-refractivity contribution in [2.75, 3.05) is 17.7 Å². The standard InChI is InChI=1S/C21H23BN4O2/c1-14-3-6-17(10-16(14)12-22)26-20(27)9-15-4-7-18(8-5-15)28-21-11-19(23-2)24-13-25-21/h3-8,10-11,13H,9,12,22H2,1-2H3,(H,26,27)(H,23,24,25). The zero-order valence-electron chi connectivity index (χ0n) is 16.3. The summed E-state index contributed by atoms with van der Waals surface area (Å²) in [5, 5.41) is 5.90. The third-order valence-electron chi connectivity index (χ3n) is 4.42. The van der Waals surface area contributed by atoms with Crippen LogP contribution in [0.1, 0.15) is 16.7 Å². The van der Waals surface area contributed by atoms with Crippen molar-refractivity contribution < 1.29 is 9.53 Å². The van der Waals surface area contributed by atoms with Gasteiger partial charge in [-0.2, -0.15) is 0 Å². The van der Waals surface area contributed by atoms with E-state index in [-0.39, 0.29) is 5.91 Å². The minimum atomic E-state index is -0.0472. The first-order valence-electron chi connectivity index (χ1n) is 9.23. The Morgan fingerprint density at radius 1 is 1.11 bits per heavy atom. The number of amides is 1. The first-order chi connectivity index (χ1) is 13.6. The molecular formula is C21H23BN4O2. The second-order valence-electron chi connectivity index (χ2n) is 6.46. The van der Waals surface area contributed by atoms with Crippen LogP contribution in [-0.2, 0) is 17.5 Å². The highest BCUT2D eigenvalue weighted by Gasteiger charge is 2.07. The molecule has 0 aliphatic carbocycles. The van der Waals surface area contributed by atoms with Crippen molar-refractivity contribution in [3.63, 3.8) is 0 Å². The van der Waals surface area contributed by atoms with E-state index in [2.05, 4.69) is 35.4 Å². The summed E-state index contributed by atoms with van der Waals surface area (Å²) in [6, 6.07) is 15.1. The zero-order valence-corrected chi connectivity index (χ0v) is 16.3. The van der Waals surface area contributed by atoms with E-state index in [1.54, 1.807) is 13.1 Å². The van der Waals surface area contributed by atoms with Crippen LogP contribution in [0, 0.1) is 6.92 Å². The third-order valence-corrected chi connectivity index (χ3v) is 4.42. The lowest BCUT2D eigenvalue weighted by atomic mass is 9.93. The van der Waals surface area contributed by atoms with Gasteiger partial charge in [0, 0.05) is 18.8 Å². The Morgan fingerprint density at radius 2 is 1.89 bits per heavy atom. The largest absolute Gasteiger partial charge is 0.439 e. The van der Waals surface area contributed by atoms with Gasteiger partial charge in [0.1, 0.15) is 25.7 Å². The quantitative estimate of drug-likeness (QED) is 0.622. The number of aromatic nitrogens is 2. The number of ether oxygens (including phenoxy) is 1. The second kappa shape index (κ2) is 9.04. The summed E-state index contributed by atoms with van der Waals surface area (Å²) < 4.78 is 5.72. The first kappa shape index (κ1) is 19.4. The Morgan fingerprint density at radius 3 is 2.61 bits per heavy atom. The topological polar surface area (TPSA) is 76.1 Å². The fraction of sp³-hybridized carbons (Fsp3) is 0.190. The molecule has 1 amide bonds. The molecule has 0 radical (unpaired) electrons. The SMILES string of the molecule is BCc1cc(NC(=O)Cc2ccc(Oc3cc(NC)ncn3)cc2)ccc1C. The van der Waals surface area contributed by atoms with Crippen molar-refractivity contribution in [3.05, 3.63) is 71.5 Å². The number of carbonyl (C=O) groups is 1. The first-order valence-corrected chi connectivity index (χ1v) is 9.23. The molecule has 0 saturated heterocycles. The lowest BCUT2D eigenvalue weighted by Gasteiger charge is -2.10. The third kappa shape index (κ3) is 5.10. The molecule has 2 aromatic carbocycles. The summed E-state index contributed by atoms with van der Waals surface area (Å²) in [6.45, 7) is 2.08. The molecule has 3 rings (SSSR count). The Hall–Kier alpha value is -3.35. The van der Waals surface area contributed by atoms with Crippen molar-refractivity contribution in [2.45, 2.75) is 19.7 Å². The molecule has 0 saturated carbocycles. The molecule has 2 N–H and O–H groups in total. The van der Waals surface area contributed by atoms with Gasteiger partial charge in [-0.05, 0) is 42.3 Å². The van der Waals surface area contributed by atoms with Gasteiger partial charge >= 0.3 is 0 Å². The molecule has 0 unspecified atom stereocenters. The maximum Gasteiger partial charge on any atom is 0.228 e. The minimum absolute atomic E-state index is 0.0472. The lowest BCUT2D eigenvalue weighted by Crippen LogP contribution is -2.14. The Balaban J connectivity index is 1.59. The summed E-state index contributed by atoms with van der Waals surface area (Å²) in [5.74, 6) is 1.74. The van der Waals surface area contributed by atoms with E-state index in [4.69, 9.17) is 4.74 Å². The lowest BCUT2D eigenvalue weighted by molar-refractivity contribution is -0.115. The van der Waals surface area contributed by atoms with Gasteiger partial charge in [-0.1, -0.05) is 30.1 Å². The normalized spacial score (nSPS) is 10.4. The number of benzene rings is 2. The molecule has 1 heterocycles. The molecule has 0 spiro atoms. The van der Waals surface area contributed by atoms with Crippen LogP contribution in [0.25, 0.3) is 0 Å². The molecule has 7 heteroatoms. The molecule has 0 aliphatic heterocycles. The number of hydrogen-bond donors (Lipinski definition) is 2. The van der Waals surface area contributed by atoms with Crippen molar-refractivity contribution in [3.8, 4) is 11.6 Å². The molecule has 0 fully saturated rings. The molecule has 6 nitrogen and oxygen atoms in total. The van der Waals surface area contributed by atoms with E-state index in [0.717, 1.165) is 17.6 Å². The number of aryl methyl sites for hydroxylation is 1. The van der Waals surface area contributed by atoms with Crippen LogP contribution in [0.4, 0.5) is 11.5 Å². The molecular weight excluding hydrogens is 351 g/mol. The average molecular weight is 374 g/mol. The predicted molar refractivity (Wildman–Crippen MR) is 114 cm³/mol. The summed E-state index contributed by atoms with van der Waals surface area (Å²) in [4.78, 5) is 20.5. The maximum atomic E-state index is 12.3. The van der Waals surface area contributed by atoms with E-state index in [1.165, 1.54) is 17.5 Å². The molecule has 0 bridgehead atoms. The molecule has 1 aromatic heterocycles. The molecule has 28 heavy (non-hydrogen) atoms. The van der Waals surface area contributed by atoms with E-state index >= 15 is 0 Å². The Bertz CT molecular complexity index is 961. The molecule has 0 aliphatic rings. The van der Waals surface area contributed by atoms with E-state index in [1.807, 2.05) is 42.5 Å². The summed E-state index contributed by atoms with van der Waals surface area (Å²) in [6.07, 6.45) is 2.68. The van der Waals surface area contributed by atoms with Crippen LogP contribution < -0.4 is 15.4 Å². The van der Waals surface area contributed by atoms with Gasteiger partial charge in [0.05, 0.1) is 6.42 Å². The van der Waals surface area contributed by atoms with E-state index in [0.29, 0.717) is 23.9 Å².